The maximum absolute atomic E-state index is 12.3. The minimum absolute atomic E-state index is 0.189. The first-order valence-corrected chi connectivity index (χ1v) is 8.25. The molecule has 0 atom stereocenters. The second-order valence-electron chi connectivity index (χ2n) is 4.85. The van der Waals surface area contributed by atoms with Crippen LogP contribution in [0.5, 0.6) is 0 Å². The van der Waals surface area contributed by atoms with Crippen LogP contribution in [0.25, 0.3) is 0 Å². The fourth-order valence-corrected chi connectivity index (χ4v) is 2.75. The van der Waals surface area contributed by atoms with Crippen LogP contribution in [-0.4, -0.2) is 51.0 Å². The standard InChI is InChI=1S/C13H24N4O2S/c1-5-14-13-12(7-6-8-15-13)20(18,19)16-9-10-17(4)11(2)3/h6-8,11,16H,5,9-10H2,1-4H3,(H,14,15). The Hall–Kier alpha value is -1.18. The third kappa shape index (κ3) is 4.73. The number of hydrogen-bond acceptors (Lipinski definition) is 5. The quantitative estimate of drug-likeness (QED) is 0.753. The van der Waals surface area contributed by atoms with Gasteiger partial charge in [0.25, 0.3) is 0 Å². The Morgan fingerprint density at radius 1 is 1.40 bits per heavy atom. The van der Waals surface area contributed by atoms with Gasteiger partial charge in [0.05, 0.1) is 0 Å². The molecular weight excluding hydrogens is 276 g/mol. The molecule has 20 heavy (non-hydrogen) atoms. The minimum Gasteiger partial charge on any atom is -0.369 e. The van der Waals surface area contributed by atoms with Crippen LogP contribution in [0, 0.1) is 0 Å². The lowest BCUT2D eigenvalue weighted by Crippen LogP contribution is -2.36. The van der Waals surface area contributed by atoms with Crippen molar-refractivity contribution < 1.29 is 8.42 Å². The van der Waals surface area contributed by atoms with Gasteiger partial charge in [-0.05, 0) is 40.0 Å². The van der Waals surface area contributed by atoms with E-state index in [1.807, 2.05) is 14.0 Å². The highest BCUT2D eigenvalue weighted by molar-refractivity contribution is 7.89. The van der Waals surface area contributed by atoms with E-state index in [9.17, 15) is 8.42 Å². The zero-order valence-electron chi connectivity index (χ0n) is 12.5. The molecule has 1 aromatic heterocycles. The molecule has 114 valence electrons. The molecule has 0 unspecified atom stereocenters. The normalized spacial score (nSPS) is 12.1. The van der Waals surface area contributed by atoms with Crippen molar-refractivity contribution >= 4 is 15.8 Å². The molecule has 0 saturated heterocycles. The van der Waals surface area contributed by atoms with E-state index in [0.29, 0.717) is 31.5 Å². The molecule has 1 aromatic rings. The van der Waals surface area contributed by atoms with Crippen LogP contribution in [-0.2, 0) is 10.0 Å². The highest BCUT2D eigenvalue weighted by atomic mass is 32.2. The van der Waals surface area contributed by atoms with Gasteiger partial charge in [-0.25, -0.2) is 18.1 Å². The summed E-state index contributed by atoms with van der Waals surface area (Å²) in [5.74, 6) is 0.389. The van der Waals surface area contributed by atoms with Crippen LogP contribution in [0.15, 0.2) is 23.2 Å². The summed E-state index contributed by atoms with van der Waals surface area (Å²) >= 11 is 0. The van der Waals surface area contributed by atoms with E-state index in [2.05, 4.69) is 33.8 Å². The number of anilines is 1. The van der Waals surface area contributed by atoms with Crippen LogP contribution < -0.4 is 10.0 Å². The second kappa shape index (κ2) is 7.56. The first kappa shape index (κ1) is 16.9. The number of hydrogen-bond donors (Lipinski definition) is 2. The molecule has 1 rings (SSSR count). The summed E-state index contributed by atoms with van der Waals surface area (Å²) in [6.07, 6.45) is 1.57. The highest BCUT2D eigenvalue weighted by Gasteiger charge is 2.18. The highest BCUT2D eigenvalue weighted by Crippen LogP contribution is 2.17. The first-order chi connectivity index (χ1) is 9.38. The predicted molar refractivity (Wildman–Crippen MR) is 81.4 cm³/mol. The van der Waals surface area contributed by atoms with Crippen molar-refractivity contribution in [1.82, 2.24) is 14.6 Å². The van der Waals surface area contributed by atoms with Crippen LogP contribution >= 0.6 is 0 Å². The predicted octanol–water partition coefficient (Wildman–Crippen LogP) is 1.13. The molecule has 7 heteroatoms. The number of pyridine rings is 1. The average Bonchev–Trinajstić information content (AvgIpc) is 2.39. The summed E-state index contributed by atoms with van der Waals surface area (Å²) < 4.78 is 27.1. The van der Waals surface area contributed by atoms with Crippen LogP contribution in [0.2, 0.25) is 0 Å². The number of rotatable bonds is 8. The molecule has 0 fully saturated rings. The molecule has 0 aliphatic heterocycles. The summed E-state index contributed by atoms with van der Waals surface area (Å²) in [4.78, 5) is 6.33. The molecule has 0 saturated carbocycles. The summed E-state index contributed by atoms with van der Waals surface area (Å²) in [5, 5.41) is 2.96. The fourth-order valence-electron chi connectivity index (χ4n) is 1.60. The molecule has 6 nitrogen and oxygen atoms in total. The van der Waals surface area contributed by atoms with Gasteiger partial charge in [-0.1, -0.05) is 0 Å². The van der Waals surface area contributed by atoms with E-state index < -0.39 is 10.0 Å². The molecule has 0 bridgehead atoms. The van der Waals surface area contributed by atoms with Crippen LogP contribution in [0.1, 0.15) is 20.8 Å². The van der Waals surface area contributed by atoms with E-state index in [4.69, 9.17) is 0 Å². The maximum Gasteiger partial charge on any atom is 0.244 e. The van der Waals surface area contributed by atoms with E-state index in [1.165, 1.54) is 0 Å². The van der Waals surface area contributed by atoms with Gasteiger partial charge in [0, 0.05) is 31.9 Å². The Bertz CT molecular complexity index is 517. The molecule has 0 aliphatic carbocycles. The van der Waals surface area contributed by atoms with Crippen molar-refractivity contribution in [2.75, 3.05) is 32.0 Å². The van der Waals surface area contributed by atoms with Crippen molar-refractivity contribution in [1.29, 1.82) is 0 Å². The van der Waals surface area contributed by atoms with Crippen molar-refractivity contribution in [3.05, 3.63) is 18.3 Å². The van der Waals surface area contributed by atoms with Crippen molar-refractivity contribution in [2.24, 2.45) is 0 Å². The molecule has 0 aromatic carbocycles. The van der Waals surface area contributed by atoms with Gasteiger partial charge >= 0.3 is 0 Å². The lowest BCUT2D eigenvalue weighted by atomic mass is 10.3. The van der Waals surface area contributed by atoms with Gasteiger partial charge in [-0.3, -0.25) is 0 Å². The minimum atomic E-state index is -3.54. The van der Waals surface area contributed by atoms with Gasteiger partial charge in [0.2, 0.25) is 10.0 Å². The Balaban J connectivity index is 2.74. The van der Waals surface area contributed by atoms with E-state index in [-0.39, 0.29) is 4.90 Å². The molecule has 0 radical (unpaired) electrons. The molecule has 1 heterocycles. The molecule has 0 spiro atoms. The van der Waals surface area contributed by atoms with Gasteiger partial charge in [0.1, 0.15) is 10.7 Å². The number of sulfonamides is 1. The third-order valence-electron chi connectivity index (χ3n) is 3.04. The van der Waals surface area contributed by atoms with Crippen molar-refractivity contribution in [3.8, 4) is 0 Å². The zero-order chi connectivity index (χ0) is 15.2. The van der Waals surface area contributed by atoms with E-state index in [1.54, 1.807) is 18.3 Å². The Labute approximate surface area is 121 Å². The zero-order valence-corrected chi connectivity index (χ0v) is 13.4. The monoisotopic (exact) mass is 300 g/mol. The van der Waals surface area contributed by atoms with Crippen LogP contribution in [0.4, 0.5) is 5.82 Å². The Morgan fingerprint density at radius 3 is 2.70 bits per heavy atom. The second-order valence-corrected chi connectivity index (χ2v) is 6.59. The third-order valence-corrected chi connectivity index (χ3v) is 4.54. The average molecular weight is 300 g/mol. The van der Waals surface area contributed by atoms with Crippen molar-refractivity contribution in [3.63, 3.8) is 0 Å². The van der Waals surface area contributed by atoms with Gasteiger partial charge in [0.15, 0.2) is 0 Å². The lowest BCUT2D eigenvalue weighted by molar-refractivity contribution is 0.278. The summed E-state index contributed by atoms with van der Waals surface area (Å²) in [5.41, 5.74) is 0. The topological polar surface area (TPSA) is 74.3 Å². The number of nitrogens with one attached hydrogen (secondary N) is 2. The summed E-state index contributed by atoms with van der Waals surface area (Å²) in [6, 6.07) is 3.56. The molecule has 0 amide bonds. The SMILES string of the molecule is CCNc1ncccc1S(=O)(=O)NCCN(C)C(C)C. The molecule has 2 N–H and O–H groups in total. The molecule has 0 aliphatic rings. The fraction of sp³-hybridized carbons (Fsp3) is 0.615. The van der Waals surface area contributed by atoms with E-state index >= 15 is 0 Å². The maximum atomic E-state index is 12.3. The Kier molecular flexibility index (Phi) is 6.38. The van der Waals surface area contributed by atoms with E-state index in [0.717, 1.165) is 0 Å². The largest absolute Gasteiger partial charge is 0.369 e. The lowest BCUT2D eigenvalue weighted by Gasteiger charge is -2.21. The number of aromatic nitrogens is 1. The number of nitrogens with zero attached hydrogens (tertiary/aromatic N) is 2. The smallest absolute Gasteiger partial charge is 0.244 e. The van der Waals surface area contributed by atoms with Gasteiger partial charge < -0.3 is 10.2 Å². The summed E-state index contributed by atoms with van der Waals surface area (Å²) in [6.45, 7) is 7.69. The summed E-state index contributed by atoms with van der Waals surface area (Å²) in [7, 11) is -1.57. The number of likely N-dealkylation sites (N-methyl/N-ethyl adjacent to an activating group) is 1. The molecular formula is C13H24N4O2S. The first-order valence-electron chi connectivity index (χ1n) is 6.77. The van der Waals surface area contributed by atoms with Gasteiger partial charge in [-0.2, -0.15) is 0 Å². The van der Waals surface area contributed by atoms with Gasteiger partial charge in [-0.15, -0.1) is 0 Å². The van der Waals surface area contributed by atoms with Crippen LogP contribution in [0.3, 0.4) is 0 Å². The van der Waals surface area contributed by atoms with Crippen molar-refractivity contribution in [2.45, 2.75) is 31.7 Å². The Morgan fingerprint density at radius 2 is 2.10 bits per heavy atom.